The first kappa shape index (κ1) is 11.2. The highest BCUT2D eigenvalue weighted by molar-refractivity contribution is 7.86. The summed E-state index contributed by atoms with van der Waals surface area (Å²) < 4.78 is 27.8. The second-order valence-corrected chi connectivity index (χ2v) is 4.56. The number of hydrogen-bond acceptors (Lipinski definition) is 3. The molecule has 1 rings (SSSR count). The zero-order chi connectivity index (χ0) is 10.4. The molecule has 0 aromatic heterocycles. The average molecular weight is 214 g/mol. The fraction of sp³-hybridized carbons (Fsp3) is 0.400. The molecule has 14 heavy (non-hydrogen) atoms. The van der Waals surface area contributed by atoms with Crippen LogP contribution < -0.4 is 0 Å². The summed E-state index contributed by atoms with van der Waals surface area (Å²) in [5.41, 5.74) is 0. The molecule has 0 aliphatic carbocycles. The Labute approximate surface area is 84.8 Å². The van der Waals surface area contributed by atoms with Crippen LogP contribution in [0.4, 0.5) is 0 Å². The monoisotopic (exact) mass is 214 g/mol. The molecule has 0 heterocycles. The van der Waals surface area contributed by atoms with Crippen molar-refractivity contribution in [3.8, 4) is 0 Å². The van der Waals surface area contributed by atoms with Gasteiger partial charge in [0.15, 0.2) is 0 Å². The Balaban J connectivity index is 2.67. The predicted molar refractivity (Wildman–Crippen MR) is 54.5 cm³/mol. The summed E-state index contributed by atoms with van der Waals surface area (Å²) in [7, 11) is -3.53. The zero-order valence-electron chi connectivity index (χ0n) is 8.14. The van der Waals surface area contributed by atoms with Gasteiger partial charge in [-0.05, 0) is 18.6 Å². The second kappa shape index (κ2) is 5.12. The number of benzene rings is 1. The van der Waals surface area contributed by atoms with Crippen molar-refractivity contribution in [3.05, 3.63) is 30.3 Å². The van der Waals surface area contributed by atoms with E-state index in [4.69, 9.17) is 4.18 Å². The van der Waals surface area contributed by atoms with Crippen molar-refractivity contribution < 1.29 is 12.6 Å². The minimum absolute atomic E-state index is 0.219. The third-order valence-corrected chi connectivity index (χ3v) is 3.09. The molecule has 0 unspecified atom stereocenters. The predicted octanol–water partition coefficient (Wildman–Crippen LogP) is 2.19. The van der Waals surface area contributed by atoms with E-state index in [9.17, 15) is 8.42 Å². The Kier molecular flexibility index (Phi) is 4.10. The van der Waals surface area contributed by atoms with Gasteiger partial charge in [-0.3, -0.25) is 4.18 Å². The summed E-state index contributed by atoms with van der Waals surface area (Å²) in [5, 5.41) is 0. The molecule has 0 fully saturated rings. The first-order chi connectivity index (χ1) is 6.67. The van der Waals surface area contributed by atoms with Crippen LogP contribution in [0.25, 0.3) is 0 Å². The summed E-state index contributed by atoms with van der Waals surface area (Å²) in [6.45, 7) is 2.24. The molecule has 0 N–H and O–H groups in total. The van der Waals surface area contributed by atoms with Gasteiger partial charge >= 0.3 is 0 Å². The van der Waals surface area contributed by atoms with Gasteiger partial charge in [-0.2, -0.15) is 8.42 Å². The van der Waals surface area contributed by atoms with E-state index in [-0.39, 0.29) is 11.5 Å². The molecule has 1 aromatic rings. The minimum Gasteiger partial charge on any atom is -0.266 e. The molecule has 0 saturated heterocycles. The highest BCUT2D eigenvalue weighted by Gasteiger charge is 2.13. The van der Waals surface area contributed by atoms with Gasteiger partial charge in [0.1, 0.15) is 0 Å². The van der Waals surface area contributed by atoms with Crippen LogP contribution in [0.2, 0.25) is 0 Å². The standard InChI is InChI=1S/C10H14O3S/c1-2-3-9-13-14(11,12)10-7-5-4-6-8-10/h4-8H,2-3,9H2,1H3. The molecule has 4 heteroatoms. The van der Waals surface area contributed by atoms with E-state index < -0.39 is 10.1 Å². The van der Waals surface area contributed by atoms with Crippen molar-refractivity contribution in [1.82, 2.24) is 0 Å². The molecule has 0 bridgehead atoms. The largest absolute Gasteiger partial charge is 0.296 e. The van der Waals surface area contributed by atoms with Gasteiger partial charge in [-0.25, -0.2) is 0 Å². The Morgan fingerprint density at radius 2 is 1.86 bits per heavy atom. The van der Waals surface area contributed by atoms with Crippen molar-refractivity contribution in [1.29, 1.82) is 0 Å². The van der Waals surface area contributed by atoms with Gasteiger partial charge in [-0.15, -0.1) is 0 Å². The highest BCUT2D eigenvalue weighted by atomic mass is 32.2. The van der Waals surface area contributed by atoms with Gasteiger partial charge in [0, 0.05) is 0 Å². The summed E-state index contributed by atoms with van der Waals surface area (Å²) in [6.07, 6.45) is 1.68. The average Bonchev–Trinajstić information content (AvgIpc) is 2.19. The normalized spacial score (nSPS) is 11.5. The number of rotatable bonds is 5. The van der Waals surface area contributed by atoms with E-state index >= 15 is 0 Å². The Morgan fingerprint density at radius 1 is 1.21 bits per heavy atom. The summed E-state index contributed by atoms with van der Waals surface area (Å²) in [6, 6.07) is 8.18. The van der Waals surface area contributed by atoms with E-state index in [0.29, 0.717) is 0 Å². The summed E-state index contributed by atoms with van der Waals surface area (Å²) in [4.78, 5) is 0.219. The van der Waals surface area contributed by atoms with Crippen LogP contribution in [0.15, 0.2) is 35.2 Å². The Morgan fingerprint density at radius 3 is 2.43 bits per heavy atom. The molecule has 0 radical (unpaired) electrons. The highest BCUT2D eigenvalue weighted by Crippen LogP contribution is 2.11. The minimum atomic E-state index is -3.53. The molecular formula is C10H14O3S. The smallest absolute Gasteiger partial charge is 0.266 e. The van der Waals surface area contributed by atoms with Crippen molar-refractivity contribution in [2.45, 2.75) is 24.7 Å². The van der Waals surface area contributed by atoms with Crippen LogP contribution in [0, 0.1) is 0 Å². The first-order valence-corrected chi connectivity index (χ1v) is 6.02. The van der Waals surface area contributed by atoms with Crippen LogP contribution in [0.1, 0.15) is 19.8 Å². The van der Waals surface area contributed by atoms with Crippen LogP contribution in [-0.2, 0) is 14.3 Å². The molecular weight excluding hydrogens is 200 g/mol. The van der Waals surface area contributed by atoms with Crippen LogP contribution in [-0.4, -0.2) is 15.0 Å². The molecule has 0 aliphatic rings. The van der Waals surface area contributed by atoms with Crippen LogP contribution >= 0.6 is 0 Å². The topological polar surface area (TPSA) is 43.4 Å². The third kappa shape index (κ3) is 3.12. The maximum Gasteiger partial charge on any atom is 0.296 e. The van der Waals surface area contributed by atoms with Gasteiger partial charge in [-0.1, -0.05) is 31.5 Å². The summed E-state index contributed by atoms with van der Waals surface area (Å²) in [5.74, 6) is 0. The molecule has 0 amide bonds. The van der Waals surface area contributed by atoms with Gasteiger partial charge in [0.05, 0.1) is 11.5 Å². The number of unbranched alkanes of at least 4 members (excludes halogenated alkanes) is 1. The Hall–Kier alpha value is -0.870. The third-order valence-electron chi connectivity index (χ3n) is 1.77. The first-order valence-electron chi connectivity index (χ1n) is 4.61. The van der Waals surface area contributed by atoms with E-state index in [0.717, 1.165) is 12.8 Å². The maximum absolute atomic E-state index is 11.5. The van der Waals surface area contributed by atoms with E-state index in [2.05, 4.69) is 0 Å². The lowest BCUT2D eigenvalue weighted by molar-refractivity contribution is 0.311. The fourth-order valence-corrected chi connectivity index (χ4v) is 1.93. The van der Waals surface area contributed by atoms with Gasteiger partial charge in [0.25, 0.3) is 10.1 Å². The SMILES string of the molecule is CCCCOS(=O)(=O)c1ccccc1. The van der Waals surface area contributed by atoms with Crippen molar-refractivity contribution in [2.75, 3.05) is 6.61 Å². The van der Waals surface area contributed by atoms with Gasteiger partial charge in [0.2, 0.25) is 0 Å². The molecule has 0 spiro atoms. The summed E-state index contributed by atoms with van der Waals surface area (Å²) >= 11 is 0. The second-order valence-electron chi connectivity index (χ2n) is 2.94. The van der Waals surface area contributed by atoms with Crippen LogP contribution in [0.5, 0.6) is 0 Å². The van der Waals surface area contributed by atoms with Crippen molar-refractivity contribution in [2.24, 2.45) is 0 Å². The lowest BCUT2D eigenvalue weighted by Crippen LogP contribution is -2.07. The molecule has 0 saturated carbocycles. The Bertz CT molecular complexity index is 356. The molecule has 1 aromatic carbocycles. The maximum atomic E-state index is 11.5. The zero-order valence-corrected chi connectivity index (χ0v) is 8.96. The van der Waals surface area contributed by atoms with Gasteiger partial charge < -0.3 is 0 Å². The lowest BCUT2D eigenvalue weighted by atomic mass is 10.4. The van der Waals surface area contributed by atoms with Crippen LogP contribution in [0.3, 0.4) is 0 Å². The molecule has 78 valence electrons. The molecule has 3 nitrogen and oxygen atoms in total. The fourth-order valence-electron chi connectivity index (χ4n) is 0.968. The number of hydrogen-bond donors (Lipinski definition) is 0. The lowest BCUT2D eigenvalue weighted by Gasteiger charge is -2.03. The van der Waals surface area contributed by atoms with Crippen molar-refractivity contribution in [3.63, 3.8) is 0 Å². The molecule has 0 aliphatic heterocycles. The van der Waals surface area contributed by atoms with E-state index in [1.54, 1.807) is 18.2 Å². The van der Waals surface area contributed by atoms with E-state index in [1.165, 1.54) is 12.1 Å². The van der Waals surface area contributed by atoms with E-state index in [1.807, 2.05) is 6.92 Å². The van der Waals surface area contributed by atoms with Crippen molar-refractivity contribution >= 4 is 10.1 Å². The quantitative estimate of drug-likeness (QED) is 0.557. The molecule has 0 atom stereocenters.